The summed E-state index contributed by atoms with van der Waals surface area (Å²) in [7, 11) is 0. The van der Waals surface area contributed by atoms with Gasteiger partial charge < -0.3 is 5.32 Å². The predicted octanol–water partition coefficient (Wildman–Crippen LogP) is 3.04. The fourth-order valence-electron chi connectivity index (χ4n) is 1.29. The summed E-state index contributed by atoms with van der Waals surface area (Å²) in [5.41, 5.74) is 0.471. The van der Waals surface area contributed by atoms with Crippen molar-refractivity contribution >= 4 is 5.91 Å². The van der Waals surface area contributed by atoms with Crippen molar-refractivity contribution in [1.82, 2.24) is 5.32 Å². The summed E-state index contributed by atoms with van der Waals surface area (Å²) in [5, 5.41) is 2.98. The molecular formula is C12H23NO. The minimum atomic E-state index is -0.106. The quantitative estimate of drug-likeness (QED) is 0.514. The van der Waals surface area contributed by atoms with Crippen molar-refractivity contribution in [3.05, 3.63) is 12.2 Å². The van der Waals surface area contributed by atoms with Gasteiger partial charge in [-0.05, 0) is 27.2 Å². The lowest BCUT2D eigenvalue weighted by molar-refractivity contribution is -0.119. The van der Waals surface area contributed by atoms with Crippen LogP contribution in [-0.2, 0) is 4.79 Å². The molecule has 2 heteroatoms. The summed E-state index contributed by atoms with van der Waals surface area (Å²) in [6.45, 7) is 11.7. The summed E-state index contributed by atoms with van der Waals surface area (Å²) in [6, 6.07) is 0. The van der Waals surface area contributed by atoms with Gasteiger partial charge in [-0.1, -0.05) is 32.8 Å². The molecule has 0 heterocycles. The zero-order valence-corrected chi connectivity index (χ0v) is 9.94. The Morgan fingerprint density at radius 3 is 2.36 bits per heavy atom. The van der Waals surface area contributed by atoms with E-state index < -0.39 is 0 Å². The van der Waals surface area contributed by atoms with Crippen LogP contribution in [0.3, 0.4) is 0 Å². The summed E-state index contributed by atoms with van der Waals surface area (Å²) in [4.78, 5) is 11.4. The second-order valence-electron chi connectivity index (χ2n) is 4.58. The number of unbranched alkanes of at least 4 members (excludes halogenated alkanes) is 2. The van der Waals surface area contributed by atoms with Crippen LogP contribution in [0.25, 0.3) is 0 Å². The van der Waals surface area contributed by atoms with Crippen molar-refractivity contribution in [3.63, 3.8) is 0 Å². The molecule has 0 saturated carbocycles. The zero-order valence-electron chi connectivity index (χ0n) is 9.94. The molecule has 1 N–H and O–H groups in total. The van der Waals surface area contributed by atoms with Crippen molar-refractivity contribution in [3.8, 4) is 0 Å². The van der Waals surface area contributed by atoms with Crippen LogP contribution in [0.15, 0.2) is 12.2 Å². The fraction of sp³-hybridized carbons (Fsp3) is 0.750. The average Bonchev–Trinajstić information content (AvgIpc) is 2.03. The van der Waals surface area contributed by atoms with E-state index in [0.717, 1.165) is 6.42 Å². The normalized spacial score (nSPS) is 11.1. The summed E-state index contributed by atoms with van der Waals surface area (Å²) < 4.78 is 0. The molecule has 2 nitrogen and oxygen atoms in total. The average molecular weight is 197 g/mol. The molecule has 0 aliphatic carbocycles. The van der Waals surface area contributed by atoms with Crippen molar-refractivity contribution in [1.29, 1.82) is 0 Å². The predicted molar refractivity (Wildman–Crippen MR) is 61.2 cm³/mol. The molecule has 0 spiro atoms. The number of hydrogen-bond acceptors (Lipinski definition) is 1. The molecule has 0 aromatic heterocycles. The van der Waals surface area contributed by atoms with Gasteiger partial charge in [0.1, 0.15) is 0 Å². The number of rotatable bonds is 6. The Balaban J connectivity index is 3.93. The molecule has 0 fully saturated rings. The number of carbonyl (C=O) groups is 1. The number of nitrogens with one attached hydrogen (secondary N) is 1. The lowest BCUT2D eigenvalue weighted by Crippen LogP contribution is -2.43. The number of hydrogen-bond donors (Lipinski definition) is 1. The van der Waals surface area contributed by atoms with Gasteiger partial charge in [0.05, 0.1) is 0 Å². The van der Waals surface area contributed by atoms with Gasteiger partial charge in [0.15, 0.2) is 0 Å². The molecule has 0 atom stereocenters. The van der Waals surface area contributed by atoms with Gasteiger partial charge in [-0.2, -0.15) is 0 Å². The molecule has 82 valence electrons. The highest BCUT2D eigenvalue weighted by Crippen LogP contribution is 2.14. The van der Waals surface area contributed by atoms with Crippen LogP contribution in [0.2, 0.25) is 0 Å². The number of carbonyl (C=O) groups excluding carboxylic acids is 1. The third-order valence-corrected chi connectivity index (χ3v) is 2.24. The van der Waals surface area contributed by atoms with Gasteiger partial charge in [-0.15, -0.1) is 0 Å². The summed E-state index contributed by atoms with van der Waals surface area (Å²) >= 11 is 0. The molecule has 0 aromatic carbocycles. The Morgan fingerprint density at radius 1 is 1.36 bits per heavy atom. The molecule has 0 aromatic rings. The van der Waals surface area contributed by atoms with Crippen LogP contribution >= 0.6 is 0 Å². The molecule has 0 radical (unpaired) electrons. The maximum absolute atomic E-state index is 11.4. The first-order chi connectivity index (χ1) is 6.39. The molecule has 0 bridgehead atoms. The second-order valence-corrected chi connectivity index (χ2v) is 4.58. The van der Waals surface area contributed by atoms with Gasteiger partial charge in [-0.3, -0.25) is 4.79 Å². The largest absolute Gasteiger partial charge is 0.347 e. The molecular weight excluding hydrogens is 174 g/mol. The topological polar surface area (TPSA) is 29.1 Å². The monoisotopic (exact) mass is 197 g/mol. The van der Waals surface area contributed by atoms with Crippen molar-refractivity contribution in [2.45, 2.75) is 58.9 Å². The van der Waals surface area contributed by atoms with Crippen LogP contribution in [0.5, 0.6) is 0 Å². The third kappa shape index (κ3) is 5.79. The van der Waals surface area contributed by atoms with Crippen LogP contribution < -0.4 is 5.32 Å². The Hall–Kier alpha value is -0.790. The first kappa shape index (κ1) is 13.2. The van der Waals surface area contributed by atoms with Gasteiger partial charge in [0, 0.05) is 11.1 Å². The van der Waals surface area contributed by atoms with Gasteiger partial charge in [0.2, 0.25) is 5.91 Å². The summed E-state index contributed by atoms with van der Waals surface area (Å²) in [6.07, 6.45) is 4.64. The van der Waals surface area contributed by atoms with Crippen LogP contribution in [-0.4, -0.2) is 11.4 Å². The number of amides is 1. The minimum Gasteiger partial charge on any atom is -0.347 e. The molecule has 0 rings (SSSR count). The Kier molecular flexibility index (Phi) is 5.51. The van der Waals surface area contributed by atoms with E-state index in [9.17, 15) is 4.79 Å². The molecule has 0 aliphatic heterocycles. The Morgan fingerprint density at radius 2 is 1.93 bits per heavy atom. The molecule has 0 aliphatic rings. The molecule has 0 saturated heterocycles. The smallest absolute Gasteiger partial charge is 0.246 e. The van der Waals surface area contributed by atoms with E-state index >= 15 is 0 Å². The van der Waals surface area contributed by atoms with Crippen molar-refractivity contribution < 1.29 is 4.79 Å². The van der Waals surface area contributed by atoms with E-state index in [1.54, 1.807) is 6.92 Å². The standard InChI is InChI=1S/C12H23NO/c1-6-7-8-9-12(4,5)13-11(14)10(2)3/h2,6-9H2,1,3-5H3,(H,13,14). The van der Waals surface area contributed by atoms with Gasteiger partial charge in [-0.25, -0.2) is 0 Å². The highest BCUT2D eigenvalue weighted by atomic mass is 16.1. The summed E-state index contributed by atoms with van der Waals surface area (Å²) in [5.74, 6) is -0.0356. The fourth-order valence-corrected chi connectivity index (χ4v) is 1.29. The highest BCUT2D eigenvalue weighted by molar-refractivity contribution is 5.92. The Labute approximate surface area is 87.8 Å². The van der Waals surface area contributed by atoms with Crippen molar-refractivity contribution in [2.75, 3.05) is 0 Å². The lowest BCUT2D eigenvalue weighted by atomic mass is 9.96. The van der Waals surface area contributed by atoms with E-state index in [1.165, 1.54) is 19.3 Å². The Bertz CT molecular complexity index is 206. The minimum absolute atomic E-state index is 0.0356. The first-order valence-electron chi connectivity index (χ1n) is 5.37. The first-order valence-corrected chi connectivity index (χ1v) is 5.37. The molecule has 0 unspecified atom stereocenters. The highest BCUT2D eigenvalue weighted by Gasteiger charge is 2.19. The van der Waals surface area contributed by atoms with E-state index in [-0.39, 0.29) is 11.4 Å². The second kappa shape index (κ2) is 5.84. The van der Waals surface area contributed by atoms with Crippen LogP contribution in [0.4, 0.5) is 0 Å². The van der Waals surface area contributed by atoms with Gasteiger partial charge in [0.25, 0.3) is 0 Å². The maximum Gasteiger partial charge on any atom is 0.246 e. The third-order valence-electron chi connectivity index (χ3n) is 2.24. The molecule has 1 amide bonds. The zero-order chi connectivity index (χ0) is 11.2. The van der Waals surface area contributed by atoms with Crippen LogP contribution in [0, 0.1) is 0 Å². The van der Waals surface area contributed by atoms with E-state index in [2.05, 4.69) is 32.7 Å². The SMILES string of the molecule is C=C(C)C(=O)NC(C)(C)CCCCC. The van der Waals surface area contributed by atoms with E-state index in [0.29, 0.717) is 5.57 Å². The maximum atomic E-state index is 11.4. The van der Waals surface area contributed by atoms with Crippen LogP contribution in [0.1, 0.15) is 53.4 Å². The van der Waals surface area contributed by atoms with Gasteiger partial charge >= 0.3 is 0 Å². The lowest BCUT2D eigenvalue weighted by Gasteiger charge is -2.26. The molecule has 14 heavy (non-hydrogen) atoms. The van der Waals surface area contributed by atoms with E-state index in [1.807, 2.05) is 0 Å². The van der Waals surface area contributed by atoms with E-state index in [4.69, 9.17) is 0 Å². The van der Waals surface area contributed by atoms with Crippen molar-refractivity contribution in [2.24, 2.45) is 0 Å².